The largest absolute Gasteiger partial charge is 0.573 e. The van der Waals surface area contributed by atoms with Gasteiger partial charge < -0.3 is 14.1 Å². The fourth-order valence-electron chi connectivity index (χ4n) is 1.99. The molecular formula is C12H7F3N2O2. The van der Waals surface area contributed by atoms with Crippen LogP contribution in [-0.4, -0.2) is 15.7 Å². The number of rotatable bonds is 1. The molecule has 0 spiro atoms. The third-order valence-corrected chi connectivity index (χ3v) is 2.72. The topological polar surface area (TPSA) is 46.5 Å². The Kier molecular flexibility index (Phi) is 2.31. The molecule has 2 aromatic heterocycles. The van der Waals surface area contributed by atoms with Gasteiger partial charge in [-0.25, -0.2) is 0 Å². The van der Waals surface area contributed by atoms with Gasteiger partial charge in [0.1, 0.15) is 11.3 Å². The lowest BCUT2D eigenvalue weighted by Crippen LogP contribution is -2.17. The van der Waals surface area contributed by atoms with E-state index in [9.17, 15) is 18.0 Å². The lowest BCUT2D eigenvalue weighted by molar-refractivity contribution is -0.274. The van der Waals surface area contributed by atoms with Gasteiger partial charge >= 0.3 is 6.36 Å². The summed E-state index contributed by atoms with van der Waals surface area (Å²) in [7, 11) is 0. The van der Waals surface area contributed by atoms with Crippen molar-refractivity contribution in [3.8, 4) is 5.75 Å². The number of nitrogens with one attached hydrogen (secondary N) is 1. The summed E-state index contributed by atoms with van der Waals surface area (Å²) in [6.45, 7) is 0. The van der Waals surface area contributed by atoms with Crippen molar-refractivity contribution >= 4 is 16.4 Å². The average Bonchev–Trinajstić information content (AvgIpc) is 2.67. The predicted molar refractivity (Wildman–Crippen MR) is 62.2 cm³/mol. The molecule has 0 saturated carbocycles. The van der Waals surface area contributed by atoms with E-state index in [0.717, 1.165) is 0 Å². The number of halogens is 3. The van der Waals surface area contributed by atoms with Gasteiger partial charge in [0.2, 0.25) is 0 Å². The Bertz CT molecular complexity index is 817. The van der Waals surface area contributed by atoms with E-state index in [-0.39, 0.29) is 11.3 Å². The highest BCUT2D eigenvalue weighted by atomic mass is 19.4. The van der Waals surface area contributed by atoms with Gasteiger partial charge in [0, 0.05) is 23.8 Å². The maximum absolute atomic E-state index is 12.2. The zero-order chi connectivity index (χ0) is 13.6. The van der Waals surface area contributed by atoms with Crippen molar-refractivity contribution in [2.45, 2.75) is 6.36 Å². The van der Waals surface area contributed by atoms with Crippen LogP contribution in [0.2, 0.25) is 0 Å². The number of fused-ring (bicyclic) bond motifs is 3. The Hall–Kier alpha value is -2.44. The normalized spacial score (nSPS) is 12.2. The molecule has 19 heavy (non-hydrogen) atoms. The fraction of sp³-hybridized carbons (Fsp3) is 0.0833. The van der Waals surface area contributed by atoms with Crippen LogP contribution in [0.25, 0.3) is 16.4 Å². The number of aromatic nitrogens is 2. The third kappa shape index (κ3) is 2.03. The van der Waals surface area contributed by atoms with Crippen molar-refractivity contribution in [2.24, 2.45) is 0 Å². The summed E-state index contributed by atoms with van der Waals surface area (Å²) in [5.74, 6) is -0.319. The molecule has 0 aliphatic heterocycles. The quantitative estimate of drug-likeness (QED) is 0.737. The molecule has 0 unspecified atom stereocenters. The summed E-state index contributed by atoms with van der Waals surface area (Å²) >= 11 is 0. The first kappa shape index (κ1) is 11.6. The van der Waals surface area contributed by atoms with Crippen molar-refractivity contribution in [1.82, 2.24) is 9.38 Å². The first-order valence-corrected chi connectivity index (χ1v) is 5.32. The number of ether oxygens (including phenoxy) is 1. The molecule has 1 aromatic carbocycles. The number of H-pyrrole nitrogens is 1. The molecule has 0 fully saturated rings. The van der Waals surface area contributed by atoms with Gasteiger partial charge in [0.15, 0.2) is 0 Å². The molecule has 0 radical (unpaired) electrons. The van der Waals surface area contributed by atoms with Gasteiger partial charge in [-0.1, -0.05) is 0 Å². The molecule has 2 heterocycles. The Balaban J connectivity index is 2.25. The van der Waals surface area contributed by atoms with Crippen molar-refractivity contribution in [1.29, 1.82) is 0 Å². The molecule has 7 heteroatoms. The summed E-state index contributed by atoms with van der Waals surface area (Å²) in [5.41, 5.74) is 0.529. The molecule has 3 aromatic rings. The highest BCUT2D eigenvalue weighted by molar-refractivity contribution is 5.87. The second kappa shape index (κ2) is 3.78. The van der Waals surface area contributed by atoms with Gasteiger partial charge in [-0.2, -0.15) is 0 Å². The van der Waals surface area contributed by atoms with Crippen LogP contribution >= 0.6 is 0 Å². The lowest BCUT2D eigenvalue weighted by atomic mass is 10.2. The van der Waals surface area contributed by atoms with E-state index in [0.29, 0.717) is 16.4 Å². The minimum Gasteiger partial charge on any atom is -0.406 e. The molecule has 0 saturated heterocycles. The Morgan fingerprint density at radius 3 is 2.68 bits per heavy atom. The van der Waals surface area contributed by atoms with Crippen LogP contribution in [0, 0.1) is 0 Å². The fourth-order valence-corrected chi connectivity index (χ4v) is 1.99. The van der Waals surface area contributed by atoms with Gasteiger partial charge in [0.25, 0.3) is 5.56 Å². The smallest absolute Gasteiger partial charge is 0.406 e. The van der Waals surface area contributed by atoms with Crippen molar-refractivity contribution < 1.29 is 17.9 Å². The average molecular weight is 268 g/mol. The molecule has 1 N–H and O–H groups in total. The summed E-state index contributed by atoms with van der Waals surface area (Å²) in [6, 6.07) is 5.53. The predicted octanol–water partition coefficient (Wildman–Crippen LogP) is 2.68. The lowest BCUT2D eigenvalue weighted by Gasteiger charge is -2.08. The highest BCUT2D eigenvalue weighted by Gasteiger charge is 2.31. The third-order valence-electron chi connectivity index (χ3n) is 2.72. The number of hydrogen-bond acceptors (Lipinski definition) is 2. The van der Waals surface area contributed by atoms with Gasteiger partial charge in [-0.15, -0.1) is 13.2 Å². The van der Waals surface area contributed by atoms with E-state index in [4.69, 9.17) is 0 Å². The summed E-state index contributed by atoms with van der Waals surface area (Å²) in [5, 5.41) is 0.659. The van der Waals surface area contributed by atoms with Gasteiger partial charge in [0.05, 0.1) is 5.52 Å². The van der Waals surface area contributed by atoms with Crippen LogP contribution in [0.15, 0.2) is 41.5 Å². The van der Waals surface area contributed by atoms with Crippen LogP contribution in [-0.2, 0) is 0 Å². The Morgan fingerprint density at radius 2 is 1.95 bits per heavy atom. The van der Waals surface area contributed by atoms with Crippen molar-refractivity contribution in [2.75, 3.05) is 0 Å². The van der Waals surface area contributed by atoms with E-state index < -0.39 is 6.36 Å². The van der Waals surface area contributed by atoms with Crippen LogP contribution < -0.4 is 10.3 Å². The van der Waals surface area contributed by atoms with E-state index in [2.05, 4.69) is 9.72 Å². The number of hydrogen-bond donors (Lipinski definition) is 1. The maximum Gasteiger partial charge on any atom is 0.573 e. The molecule has 98 valence electrons. The van der Waals surface area contributed by atoms with Crippen LogP contribution in [0.1, 0.15) is 0 Å². The van der Waals surface area contributed by atoms with Crippen LogP contribution in [0.3, 0.4) is 0 Å². The number of benzene rings is 1. The first-order valence-electron chi connectivity index (χ1n) is 5.32. The SMILES string of the molecule is O=c1[nH]ccn2c1cc1ccc(OC(F)(F)F)cc12. The number of alkyl halides is 3. The first-order chi connectivity index (χ1) is 8.94. The molecule has 0 atom stereocenters. The maximum atomic E-state index is 12.2. The monoisotopic (exact) mass is 268 g/mol. The minimum absolute atomic E-state index is 0.308. The van der Waals surface area contributed by atoms with Crippen molar-refractivity contribution in [3.05, 3.63) is 47.0 Å². The summed E-state index contributed by atoms with van der Waals surface area (Å²) in [6.07, 6.45) is -1.75. The standard InChI is InChI=1S/C12H7F3N2O2/c13-12(14,15)19-8-2-1-7-5-10-11(18)16-3-4-17(10)9(7)6-8/h1-6H,(H,16,18). The molecule has 0 aliphatic rings. The zero-order valence-corrected chi connectivity index (χ0v) is 9.36. The summed E-state index contributed by atoms with van der Waals surface area (Å²) < 4.78 is 41.9. The van der Waals surface area contributed by atoms with Gasteiger partial charge in [-0.3, -0.25) is 4.79 Å². The second-order valence-electron chi connectivity index (χ2n) is 3.96. The van der Waals surface area contributed by atoms with E-state index in [1.165, 1.54) is 28.8 Å². The van der Waals surface area contributed by atoms with E-state index >= 15 is 0 Å². The Labute approximate surface area is 104 Å². The molecule has 0 aliphatic carbocycles. The summed E-state index contributed by atoms with van der Waals surface area (Å²) in [4.78, 5) is 14.1. The molecule has 3 rings (SSSR count). The van der Waals surface area contributed by atoms with Crippen LogP contribution in [0.5, 0.6) is 5.75 Å². The van der Waals surface area contributed by atoms with Gasteiger partial charge in [-0.05, 0) is 18.2 Å². The molecule has 4 nitrogen and oxygen atoms in total. The molecule has 0 amide bonds. The highest BCUT2D eigenvalue weighted by Crippen LogP contribution is 2.27. The number of nitrogens with zero attached hydrogens (tertiary/aromatic N) is 1. The molecule has 0 bridgehead atoms. The van der Waals surface area contributed by atoms with Crippen molar-refractivity contribution in [3.63, 3.8) is 0 Å². The molecular weight excluding hydrogens is 261 g/mol. The number of aromatic amines is 1. The van der Waals surface area contributed by atoms with E-state index in [1.54, 1.807) is 12.3 Å². The zero-order valence-electron chi connectivity index (χ0n) is 9.36. The Morgan fingerprint density at radius 1 is 1.16 bits per heavy atom. The second-order valence-corrected chi connectivity index (χ2v) is 3.96. The van der Waals surface area contributed by atoms with Crippen LogP contribution in [0.4, 0.5) is 13.2 Å². The van der Waals surface area contributed by atoms with E-state index in [1.807, 2.05) is 0 Å². The minimum atomic E-state index is -4.74.